The number of fused-ring (bicyclic) bond motifs is 2. The van der Waals surface area contributed by atoms with Crippen LogP contribution < -0.4 is 19.5 Å². The van der Waals surface area contributed by atoms with Crippen molar-refractivity contribution < 1.29 is 23.8 Å². The summed E-state index contributed by atoms with van der Waals surface area (Å²) in [6.45, 7) is 5.54. The summed E-state index contributed by atoms with van der Waals surface area (Å²) in [5.74, 6) is 2.12. The van der Waals surface area contributed by atoms with Crippen LogP contribution in [0.25, 0.3) is 0 Å². The molecule has 2 aromatic carbocycles. The second-order valence-corrected chi connectivity index (χ2v) is 9.48. The molecule has 2 aliphatic heterocycles. The molecule has 1 fully saturated rings. The van der Waals surface area contributed by atoms with Crippen LogP contribution in [0.1, 0.15) is 31.4 Å². The van der Waals surface area contributed by atoms with Crippen LogP contribution in [-0.4, -0.2) is 73.8 Å². The van der Waals surface area contributed by atoms with E-state index in [0.29, 0.717) is 49.7 Å². The van der Waals surface area contributed by atoms with Crippen molar-refractivity contribution in [2.24, 2.45) is 0 Å². The fourth-order valence-corrected chi connectivity index (χ4v) is 5.24. The van der Waals surface area contributed by atoms with Crippen LogP contribution in [0.2, 0.25) is 0 Å². The minimum atomic E-state index is -0.560. The van der Waals surface area contributed by atoms with Gasteiger partial charge in [0.1, 0.15) is 17.2 Å². The number of carbonyl (C=O) groups is 2. The van der Waals surface area contributed by atoms with Gasteiger partial charge in [0.15, 0.2) is 0 Å². The monoisotopic (exact) mass is 508 g/mol. The second-order valence-electron chi connectivity index (χ2n) is 9.48. The zero-order valence-corrected chi connectivity index (χ0v) is 22.5. The number of amides is 4. The maximum atomic E-state index is 13.6. The van der Waals surface area contributed by atoms with Gasteiger partial charge in [-0.05, 0) is 50.5 Å². The molecule has 1 unspecified atom stereocenters. The molecule has 0 bridgehead atoms. The Labute approximate surface area is 218 Å². The summed E-state index contributed by atoms with van der Waals surface area (Å²) in [5.41, 5.74) is 3.12. The largest absolute Gasteiger partial charge is 0.497 e. The van der Waals surface area contributed by atoms with Crippen LogP contribution >= 0.6 is 0 Å². The molecule has 0 radical (unpaired) electrons. The Hall–Kier alpha value is -3.88. The number of benzene rings is 2. The quantitative estimate of drug-likeness (QED) is 0.558. The van der Waals surface area contributed by atoms with Gasteiger partial charge in [0, 0.05) is 49.2 Å². The molecular formula is C28H36N4O5. The van der Waals surface area contributed by atoms with Gasteiger partial charge in [-0.2, -0.15) is 0 Å². The molecule has 2 heterocycles. The minimum absolute atomic E-state index is 0.0330. The smallest absolute Gasteiger partial charge is 0.325 e. The maximum absolute atomic E-state index is 13.6. The highest BCUT2D eigenvalue weighted by molar-refractivity contribution is 5.89. The first-order valence-electron chi connectivity index (χ1n) is 12.5. The summed E-state index contributed by atoms with van der Waals surface area (Å²) < 4.78 is 16.3. The van der Waals surface area contributed by atoms with Crippen LogP contribution in [-0.2, 0) is 13.0 Å². The number of likely N-dealkylation sites (N-methyl/N-ethyl adjacent to an activating group) is 1. The molecule has 2 aromatic rings. The van der Waals surface area contributed by atoms with Crippen molar-refractivity contribution in [3.05, 3.63) is 59.3 Å². The van der Waals surface area contributed by atoms with E-state index < -0.39 is 5.54 Å². The van der Waals surface area contributed by atoms with Crippen molar-refractivity contribution >= 4 is 17.7 Å². The predicted octanol–water partition coefficient (Wildman–Crippen LogP) is 4.72. The third kappa shape index (κ3) is 4.90. The van der Waals surface area contributed by atoms with Gasteiger partial charge >= 0.3 is 12.1 Å². The van der Waals surface area contributed by atoms with Crippen molar-refractivity contribution in [2.75, 3.05) is 46.8 Å². The Morgan fingerprint density at radius 2 is 1.86 bits per heavy atom. The van der Waals surface area contributed by atoms with E-state index in [9.17, 15) is 9.59 Å². The highest BCUT2D eigenvalue weighted by Crippen LogP contribution is 2.43. The number of nitrogens with one attached hydrogen (secondary N) is 1. The lowest BCUT2D eigenvalue weighted by Gasteiger charge is -2.35. The van der Waals surface area contributed by atoms with Crippen molar-refractivity contribution in [1.82, 2.24) is 14.7 Å². The van der Waals surface area contributed by atoms with E-state index in [1.54, 1.807) is 39.3 Å². The lowest BCUT2D eigenvalue weighted by molar-refractivity contribution is 0.159. The van der Waals surface area contributed by atoms with Gasteiger partial charge in [-0.3, -0.25) is 4.90 Å². The number of rotatable bonds is 8. The zero-order chi connectivity index (χ0) is 26.7. The average molecular weight is 509 g/mol. The molecule has 1 atom stereocenters. The third-order valence-electron chi connectivity index (χ3n) is 7.38. The first-order chi connectivity index (χ1) is 17.7. The van der Waals surface area contributed by atoms with Crippen LogP contribution in [0.15, 0.2) is 48.2 Å². The van der Waals surface area contributed by atoms with E-state index in [1.807, 2.05) is 47.1 Å². The molecule has 2 aliphatic rings. The Balaban J connectivity index is 1.54. The van der Waals surface area contributed by atoms with Gasteiger partial charge in [-0.25, -0.2) is 9.59 Å². The topological polar surface area (TPSA) is 83.6 Å². The number of allylic oxidation sites excluding steroid dienone is 1. The van der Waals surface area contributed by atoms with Crippen molar-refractivity contribution in [1.29, 1.82) is 0 Å². The van der Waals surface area contributed by atoms with Crippen molar-refractivity contribution in [3.8, 4) is 17.2 Å². The molecule has 0 aromatic heterocycles. The van der Waals surface area contributed by atoms with Crippen molar-refractivity contribution in [2.45, 2.75) is 38.8 Å². The SMILES string of the molecule is CCN1C(=O)N2Cc3cc(OC)cc(OC)c3CC=C2C1(C)CCN(C)C(=O)Nc1cccc(OC)c1. The molecule has 1 saturated heterocycles. The van der Waals surface area contributed by atoms with E-state index in [4.69, 9.17) is 14.2 Å². The summed E-state index contributed by atoms with van der Waals surface area (Å²) in [5, 5.41) is 2.92. The predicted molar refractivity (Wildman–Crippen MR) is 142 cm³/mol. The number of hydrogen-bond donors (Lipinski definition) is 1. The molecule has 9 heteroatoms. The minimum Gasteiger partial charge on any atom is -0.497 e. The molecule has 37 heavy (non-hydrogen) atoms. The standard InChI is InChI=1S/C28H36N4O5/c1-7-32-27(34)31-18-19-15-22(36-5)17-24(37-6)23(19)11-12-25(31)28(32,2)13-14-30(3)26(33)29-20-9-8-10-21(16-20)35-4/h8-10,12,15-17H,7,11,13-14,18H2,1-6H3,(H,29,33). The van der Waals surface area contributed by atoms with E-state index >= 15 is 0 Å². The Bertz CT molecular complexity index is 1210. The van der Waals surface area contributed by atoms with E-state index in [0.717, 1.165) is 22.6 Å². The molecule has 198 valence electrons. The number of carbonyl (C=O) groups excluding carboxylic acids is 2. The average Bonchev–Trinajstić information content (AvgIpc) is 3.02. The first-order valence-corrected chi connectivity index (χ1v) is 12.5. The number of ether oxygens (including phenoxy) is 3. The lowest BCUT2D eigenvalue weighted by atomic mass is 9.91. The number of methoxy groups -OCH3 is 3. The van der Waals surface area contributed by atoms with Crippen molar-refractivity contribution in [3.63, 3.8) is 0 Å². The molecular weight excluding hydrogens is 472 g/mol. The molecule has 4 amide bonds. The van der Waals surface area contributed by atoms with Gasteiger partial charge < -0.3 is 29.3 Å². The summed E-state index contributed by atoms with van der Waals surface area (Å²) >= 11 is 0. The fourth-order valence-electron chi connectivity index (χ4n) is 5.24. The van der Waals surface area contributed by atoms with E-state index in [1.165, 1.54) is 0 Å². The Morgan fingerprint density at radius 3 is 2.54 bits per heavy atom. The lowest BCUT2D eigenvalue weighted by Crippen LogP contribution is -2.46. The molecule has 9 nitrogen and oxygen atoms in total. The van der Waals surface area contributed by atoms with E-state index in [2.05, 4.69) is 18.3 Å². The summed E-state index contributed by atoms with van der Waals surface area (Å²) in [7, 11) is 6.62. The Morgan fingerprint density at radius 1 is 1.11 bits per heavy atom. The highest BCUT2D eigenvalue weighted by Gasteiger charge is 2.50. The van der Waals surface area contributed by atoms with Gasteiger partial charge in [0.2, 0.25) is 0 Å². The molecule has 4 rings (SSSR count). The number of nitrogens with zero attached hydrogens (tertiary/aromatic N) is 3. The number of hydrogen-bond acceptors (Lipinski definition) is 5. The van der Waals surface area contributed by atoms with Gasteiger partial charge in [-0.1, -0.05) is 12.1 Å². The summed E-state index contributed by atoms with van der Waals surface area (Å²) in [6, 6.07) is 10.8. The summed E-state index contributed by atoms with van der Waals surface area (Å²) in [4.78, 5) is 31.9. The number of anilines is 1. The van der Waals surface area contributed by atoms with E-state index in [-0.39, 0.29) is 12.1 Å². The highest BCUT2D eigenvalue weighted by atomic mass is 16.5. The summed E-state index contributed by atoms with van der Waals surface area (Å²) in [6.07, 6.45) is 3.36. The zero-order valence-electron chi connectivity index (χ0n) is 22.5. The molecule has 0 spiro atoms. The van der Waals surface area contributed by atoms with Crippen LogP contribution in [0.3, 0.4) is 0 Å². The normalized spacial score (nSPS) is 18.4. The Kier molecular flexibility index (Phi) is 7.52. The second kappa shape index (κ2) is 10.6. The van der Waals surface area contributed by atoms with Gasteiger partial charge in [0.05, 0.1) is 33.4 Å². The van der Waals surface area contributed by atoms with Crippen LogP contribution in [0.4, 0.5) is 15.3 Å². The maximum Gasteiger partial charge on any atom is 0.325 e. The number of urea groups is 2. The van der Waals surface area contributed by atoms with Gasteiger partial charge in [-0.15, -0.1) is 0 Å². The fraction of sp³-hybridized carbons (Fsp3) is 0.429. The van der Waals surface area contributed by atoms with Gasteiger partial charge in [0.25, 0.3) is 0 Å². The molecule has 0 saturated carbocycles. The third-order valence-corrected chi connectivity index (χ3v) is 7.38. The molecule has 1 N–H and O–H groups in total. The van der Waals surface area contributed by atoms with Crippen LogP contribution in [0.5, 0.6) is 17.2 Å². The molecule has 0 aliphatic carbocycles. The van der Waals surface area contributed by atoms with Crippen LogP contribution in [0, 0.1) is 0 Å². The first kappa shape index (κ1) is 26.2.